The number of benzene rings is 1. The molecule has 2 N–H and O–H groups in total. The van der Waals surface area contributed by atoms with Gasteiger partial charge in [0.15, 0.2) is 0 Å². The number of carbonyl (C=O) groups is 1. The number of anilines is 1. The molecule has 3 rings (SSSR count). The van der Waals surface area contributed by atoms with Crippen LogP contribution in [0.2, 0.25) is 0 Å². The van der Waals surface area contributed by atoms with Gasteiger partial charge in [-0.25, -0.2) is 14.6 Å². The number of rotatable bonds is 5. The summed E-state index contributed by atoms with van der Waals surface area (Å²) < 4.78 is 1.70. The van der Waals surface area contributed by atoms with Crippen LogP contribution in [0.4, 0.5) is 5.82 Å². The summed E-state index contributed by atoms with van der Waals surface area (Å²) in [5, 5.41) is 10.0. The Bertz CT molecular complexity index is 813. The Balaban J connectivity index is 1.78. The van der Waals surface area contributed by atoms with Gasteiger partial charge in [-0.3, -0.25) is 4.79 Å². The number of aromatic nitrogens is 4. The van der Waals surface area contributed by atoms with E-state index in [0.29, 0.717) is 11.4 Å². The highest BCUT2D eigenvalue weighted by atomic mass is 16.1. The molecule has 0 aliphatic rings. The minimum atomic E-state index is -0.167. The number of amides is 1. The van der Waals surface area contributed by atoms with Crippen LogP contribution < -0.4 is 10.6 Å². The van der Waals surface area contributed by atoms with Gasteiger partial charge in [-0.1, -0.05) is 12.1 Å². The predicted octanol–water partition coefficient (Wildman–Crippen LogP) is 2.20. The van der Waals surface area contributed by atoms with Crippen LogP contribution in [-0.2, 0) is 0 Å². The summed E-state index contributed by atoms with van der Waals surface area (Å²) in [5.74, 6) is 0.393. The maximum Gasteiger partial charge on any atom is 0.254 e. The summed E-state index contributed by atoms with van der Waals surface area (Å²) in [6, 6.07) is 11.4. The molecule has 1 aromatic carbocycles. The van der Waals surface area contributed by atoms with E-state index in [1.165, 1.54) is 6.33 Å². The van der Waals surface area contributed by atoms with Crippen molar-refractivity contribution in [2.75, 3.05) is 12.4 Å². The van der Waals surface area contributed by atoms with Crippen molar-refractivity contribution in [2.45, 2.75) is 13.0 Å². The van der Waals surface area contributed by atoms with Gasteiger partial charge in [-0.05, 0) is 36.8 Å². The zero-order valence-electron chi connectivity index (χ0n) is 13.5. The minimum absolute atomic E-state index is 0.00639. The number of nitrogens with one attached hydrogen (secondary N) is 2. The highest BCUT2D eigenvalue weighted by Crippen LogP contribution is 2.21. The first-order valence-corrected chi connectivity index (χ1v) is 7.57. The zero-order valence-corrected chi connectivity index (χ0v) is 13.5. The molecule has 0 unspecified atom stereocenters. The Morgan fingerprint density at radius 1 is 1.21 bits per heavy atom. The molecule has 122 valence electrons. The quantitative estimate of drug-likeness (QED) is 0.752. The predicted molar refractivity (Wildman–Crippen MR) is 91.0 cm³/mol. The van der Waals surface area contributed by atoms with Crippen LogP contribution in [0.25, 0.3) is 5.69 Å². The summed E-state index contributed by atoms with van der Waals surface area (Å²) in [6.45, 7) is 2.02. The molecule has 24 heavy (non-hydrogen) atoms. The molecule has 0 aliphatic heterocycles. The number of nitrogens with zero attached hydrogens (tertiary/aromatic N) is 4. The topological polar surface area (TPSA) is 84.7 Å². The van der Waals surface area contributed by atoms with Gasteiger partial charge in [0.1, 0.15) is 18.5 Å². The molecule has 1 atom stereocenters. The van der Waals surface area contributed by atoms with Gasteiger partial charge in [-0.15, -0.1) is 0 Å². The Morgan fingerprint density at radius 3 is 2.67 bits per heavy atom. The fraction of sp³-hybridized carbons (Fsp3) is 0.176. The molecule has 3 aromatic rings. The van der Waals surface area contributed by atoms with Crippen molar-refractivity contribution < 1.29 is 4.79 Å². The fourth-order valence-electron chi connectivity index (χ4n) is 2.38. The molecular weight excluding hydrogens is 304 g/mol. The highest BCUT2D eigenvalue weighted by molar-refractivity contribution is 5.98. The molecule has 0 radical (unpaired) electrons. The molecule has 0 saturated heterocycles. The lowest BCUT2D eigenvalue weighted by Crippen LogP contribution is -2.21. The van der Waals surface area contributed by atoms with Crippen molar-refractivity contribution in [3.05, 3.63) is 66.4 Å². The smallest absolute Gasteiger partial charge is 0.254 e. The Hall–Kier alpha value is -3.22. The summed E-state index contributed by atoms with van der Waals surface area (Å²) >= 11 is 0. The minimum Gasteiger partial charge on any atom is -0.363 e. The third-order valence-corrected chi connectivity index (χ3v) is 3.71. The molecule has 2 aromatic heterocycles. The van der Waals surface area contributed by atoms with E-state index in [0.717, 1.165) is 11.3 Å². The van der Waals surface area contributed by atoms with Crippen LogP contribution in [0, 0.1) is 0 Å². The third kappa shape index (κ3) is 3.24. The molecule has 0 fully saturated rings. The summed E-state index contributed by atoms with van der Waals surface area (Å²) in [5.41, 5.74) is 2.53. The van der Waals surface area contributed by atoms with Gasteiger partial charge in [0.2, 0.25) is 0 Å². The molecule has 2 heterocycles. The van der Waals surface area contributed by atoms with E-state index in [1.54, 1.807) is 36.4 Å². The van der Waals surface area contributed by atoms with Crippen LogP contribution in [0.3, 0.4) is 0 Å². The fourth-order valence-corrected chi connectivity index (χ4v) is 2.38. The van der Waals surface area contributed by atoms with Gasteiger partial charge in [0, 0.05) is 19.3 Å². The highest BCUT2D eigenvalue weighted by Gasteiger charge is 2.13. The molecule has 0 aliphatic carbocycles. The van der Waals surface area contributed by atoms with E-state index in [9.17, 15) is 4.79 Å². The van der Waals surface area contributed by atoms with Crippen LogP contribution in [0.15, 0.2) is 55.2 Å². The standard InChI is InChI=1S/C17H18N6O/c1-12(22-16-15(17(24)18-2)4-3-9-20-16)13-5-7-14(8-6-13)23-11-19-10-21-23/h3-12H,1-2H3,(H,18,24)(H,20,22)/t12-/m0/s1. The van der Waals surface area contributed by atoms with Gasteiger partial charge < -0.3 is 10.6 Å². The zero-order chi connectivity index (χ0) is 16.9. The number of carbonyl (C=O) groups excluding carboxylic acids is 1. The van der Waals surface area contributed by atoms with E-state index in [2.05, 4.69) is 25.7 Å². The van der Waals surface area contributed by atoms with Crippen molar-refractivity contribution >= 4 is 11.7 Å². The normalized spacial score (nSPS) is 11.8. The summed E-state index contributed by atoms with van der Waals surface area (Å²) in [4.78, 5) is 20.1. The largest absolute Gasteiger partial charge is 0.363 e. The average molecular weight is 322 g/mol. The summed E-state index contributed by atoms with van der Waals surface area (Å²) in [7, 11) is 1.60. The number of hydrogen-bond donors (Lipinski definition) is 2. The second kappa shape index (κ2) is 6.91. The van der Waals surface area contributed by atoms with E-state index < -0.39 is 0 Å². The molecule has 0 bridgehead atoms. The van der Waals surface area contributed by atoms with Crippen molar-refractivity contribution in [1.29, 1.82) is 0 Å². The van der Waals surface area contributed by atoms with E-state index in [4.69, 9.17) is 0 Å². The Morgan fingerprint density at radius 2 is 2.00 bits per heavy atom. The second-order valence-corrected chi connectivity index (χ2v) is 5.28. The van der Waals surface area contributed by atoms with Crippen molar-refractivity contribution in [2.24, 2.45) is 0 Å². The van der Waals surface area contributed by atoms with Crippen LogP contribution in [0.1, 0.15) is 28.9 Å². The molecular formula is C17H18N6O. The third-order valence-electron chi connectivity index (χ3n) is 3.71. The maximum atomic E-state index is 11.9. The Kier molecular flexibility index (Phi) is 4.51. The lowest BCUT2D eigenvalue weighted by Gasteiger charge is -2.17. The average Bonchev–Trinajstić information content (AvgIpc) is 3.16. The molecule has 0 saturated carbocycles. The first-order valence-electron chi connectivity index (χ1n) is 7.57. The number of hydrogen-bond acceptors (Lipinski definition) is 5. The lowest BCUT2D eigenvalue weighted by atomic mass is 10.1. The molecule has 1 amide bonds. The second-order valence-electron chi connectivity index (χ2n) is 5.28. The van der Waals surface area contributed by atoms with Gasteiger partial charge in [0.25, 0.3) is 5.91 Å². The van der Waals surface area contributed by atoms with Crippen LogP contribution >= 0.6 is 0 Å². The van der Waals surface area contributed by atoms with Crippen molar-refractivity contribution in [1.82, 2.24) is 25.1 Å². The molecule has 7 heteroatoms. The van der Waals surface area contributed by atoms with Gasteiger partial charge in [-0.2, -0.15) is 5.10 Å². The lowest BCUT2D eigenvalue weighted by molar-refractivity contribution is 0.0963. The first-order chi connectivity index (χ1) is 11.7. The summed E-state index contributed by atoms with van der Waals surface area (Å²) in [6.07, 6.45) is 4.81. The monoisotopic (exact) mass is 322 g/mol. The molecule has 0 spiro atoms. The first kappa shape index (κ1) is 15.7. The van der Waals surface area contributed by atoms with Crippen molar-refractivity contribution in [3.8, 4) is 5.69 Å². The molecule has 7 nitrogen and oxygen atoms in total. The maximum absolute atomic E-state index is 11.9. The van der Waals surface area contributed by atoms with Gasteiger partial charge >= 0.3 is 0 Å². The van der Waals surface area contributed by atoms with Crippen molar-refractivity contribution in [3.63, 3.8) is 0 Å². The van der Waals surface area contributed by atoms with Gasteiger partial charge in [0.05, 0.1) is 11.3 Å². The van der Waals surface area contributed by atoms with Crippen LogP contribution in [-0.4, -0.2) is 32.7 Å². The number of pyridine rings is 1. The van der Waals surface area contributed by atoms with E-state index in [1.807, 2.05) is 31.2 Å². The van der Waals surface area contributed by atoms with Crippen LogP contribution in [0.5, 0.6) is 0 Å². The SMILES string of the molecule is CNC(=O)c1cccnc1N[C@@H](C)c1ccc(-n2cncn2)cc1. The van der Waals surface area contributed by atoms with E-state index in [-0.39, 0.29) is 11.9 Å². The Labute approximate surface area is 139 Å². The van der Waals surface area contributed by atoms with E-state index >= 15 is 0 Å².